The lowest BCUT2D eigenvalue weighted by molar-refractivity contribution is 0.218. The molecule has 0 saturated heterocycles. The van der Waals surface area contributed by atoms with E-state index in [4.69, 9.17) is 4.74 Å². The van der Waals surface area contributed by atoms with Crippen LogP contribution in [0.4, 0.5) is 0 Å². The highest BCUT2D eigenvalue weighted by molar-refractivity contribution is 7.99. The molecule has 0 aromatic heterocycles. The summed E-state index contributed by atoms with van der Waals surface area (Å²) in [5.41, 5.74) is 1.39. The van der Waals surface area contributed by atoms with Gasteiger partial charge in [-0.05, 0) is 37.1 Å². The lowest BCUT2D eigenvalue weighted by atomic mass is 10.0. The van der Waals surface area contributed by atoms with Crippen LogP contribution in [0.1, 0.15) is 38.3 Å². The first-order valence-electron chi connectivity index (χ1n) is 6.76. The Hall–Kier alpha value is -0.510. The predicted octanol–water partition coefficient (Wildman–Crippen LogP) is 3.88. The van der Waals surface area contributed by atoms with Crippen molar-refractivity contribution in [1.82, 2.24) is 5.32 Å². The van der Waals surface area contributed by atoms with Crippen LogP contribution in [0, 0.1) is 0 Å². The molecule has 1 N–H and O–H groups in total. The number of hydrogen-bond acceptors (Lipinski definition) is 3. The minimum Gasteiger partial charge on any atom is -0.384 e. The van der Waals surface area contributed by atoms with Gasteiger partial charge in [0, 0.05) is 23.8 Å². The molecular weight excluding hydrogens is 242 g/mol. The number of hydrogen-bond donors (Lipinski definition) is 1. The number of benzene rings is 1. The lowest BCUT2D eigenvalue weighted by Gasteiger charge is -2.17. The van der Waals surface area contributed by atoms with Crippen LogP contribution in [-0.2, 0) is 4.74 Å². The maximum atomic E-state index is 5.06. The second-order valence-corrected chi connectivity index (χ2v) is 5.49. The van der Waals surface area contributed by atoms with E-state index in [1.165, 1.54) is 16.9 Å². The van der Waals surface area contributed by atoms with Crippen molar-refractivity contribution in [2.45, 2.75) is 37.6 Å². The Morgan fingerprint density at radius 1 is 1.22 bits per heavy atom. The van der Waals surface area contributed by atoms with Gasteiger partial charge >= 0.3 is 0 Å². The molecule has 0 radical (unpaired) electrons. The summed E-state index contributed by atoms with van der Waals surface area (Å²) in [5.74, 6) is 1.02. The van der Waals surface area contributed by atoms with Crippen LogP contribution in [0.25, 0.3) is 0 Å². The van der Waals surface area contributed by atoms with Crippen molar-refractivity contribution >= 4 is 11.8 Å². The normalized spacial score (nSPS) is 12.6. The van der Waals surface area contributed by atoms with E-state index in [1.807, 2.05) is 11.8 Å². The Morgan fingerprint density at radius 3 is 2.50 bits per heavy atom. The molecule has 0 aliphatic carbocycles. The molecule has 1 aromatic rings. The molecule has 0 heterocycles. The first-order chi connectivity index (χ1) is 8.81. The smallest absolute Gasteiger partial charge is 0.0556 e. The fourth-order valence-electron chi connectivity index (χ4n) is 1.86. The second-order valence-electron chi connectivity index (χ2n) is 4.33. The fraction of sp³-hybridized carbons (Fsp3) is 0.600. The Balaban J connectivity index is 2.51. The van der Waals surface area contributed by atoms with E-state index in [9.17, 15) is 0 Å². The number of nitrogens with one attached hydrogen (secondary N) is 1. The molecule has 3 heteroatoms. The third-order valence-electron chi connectivity index (χ3n) is 2.89. The van der Waals surface area contributed by atoms with E-state index in [1.54, 1.807) is 7.11 Å². The Morgan fingerprint density at radius 2 is 1.94 bits per heavy atom. The number of rotatable bonds is 9. The summed E-state index contributed by atoms with van der Waals surface area (Å²) in [4.78, 5) is 1.32. The van der Waals surface area contributed by atoms with Gasteiger partial charge < -0.3 is 10.1 Å². The molecule has 0 bridgehead atoms. The molecule has 1 unspecified atom stereocenters. The van der Waals surface area contributed by atoms with E-state index < -0.39 is 0 Å². The highest BCUT2D eigenvalue weighted by atomic mass is 32.2. The molecule has 1 aromatic carbocycles. The SMILES string of the molecule is CCCNC(CC)c1ccc(SCCOC)cc1. The van der Waals surface area contributed by atoms with Gasteiger partial charge in [-0.3, -0.25) is 0 Å². The van der Waals surface area contributed by atoms with Gasteiger partial charge in [-0.15, -0.1) is 11.8 Å². The van der Waals surface area contributed by atoms with E-state index in [0.717, 1.165) is 25.3 Å². The molecule has 0 amide bonds. The van der Waals surface area contributed by atoms with Crippen LogP contribution < -0.4 is 5.32 Å². The molecule has 1 atom stereocenters. The van der Waals surface area contributed by atoms with Crippen LogP contribution in [0.15, 0.2) is 29.2 Å². The van der Waals surface area contributed by atoms with Crippen LogP contribution in [0.2, 0.25) is 0 Å². The van der Waals surface area contributed by atoms with Gasteiger partial charge in [0.2, 0.25) is 0 Å². The van der Waals surface area contributed by atoms with Crippen molar-refractivity contribution in [3.05, 3.63) is 29.8 Å². The summed E-state index contributed by atoms with van der Waals surface area (Å²) in [5, 5.41) is 3.58. The van der Waals surface area contributed by atoms with Gasteiger partial charge in [0.15, 0.2) is 0 Å². The summed E-state index contributed by atoms with van der Waals surface area (Å²) in [6.45, 7) is 6.33. The van der Waals surface area contributed by atoms with Crippen LogP contribution in [0.5, 0.6) is 0 Å². The number of ether oxygens (including phenoxy) is 1. The Labute approximate surface area is 116 Å². The van der Waals surface area contributed by atoms with Gasteiger partial charge in [-0.25, -0.2) is 0 Å². The van der Waals surface area contributed by atoms with Gasteiger partial charge in [-0.1, -0.05) is 26.0 Å². The lowest BCUT2D eigenvalue weighted by Crippen LogP contribution is -2.21. The van der Waals surface area contributed by atoms with Gasteiger partial charge in [0.1, 0.15) is 0 Å². The topological polar surface area (TPSA) is 21.3 Å². The first kappa shape index (κ1) is 15.5. The fourth-order valence-corrected chi connectivity index (χ4v) is 2.67. The van der Waals surface area contributed by atoms with Crippen molar-refractivity contribution in [2.24, 2.45) is 0 Å². The average molecular weight is 267 g/mol. The van der Waals surface area contributed by atoms with Gasteiger partial charge in [-0.2, -0.15) is 0 Å². The first-order valence-corrected chi connectivity index (χ1v) is 7.75. The summed E-state index contributed by atoms with van der Waals surface area (Å²) in [6, 6.07) is 9.40. The molecular formula is C15H25NOS. The zero-order chi connectivity index (χ0) is 13.2. The third kappa shape index (κ3) is 5.42. The van der Waals surface area contributed by atoms with E-state index >= 15 is 0 Å². The largest absolute Gasteiger partial charge is 0.384 e. The molecule has 0 spiro atoms. The molecule has 0 fully saturated rings. The molecule has 2 nitrogen and oxygen atoms in total. The Kier molecular flexibility index (Phi) is 8.14. The highest BCUT2D eigenvalue weighted by Crippen LogP contribution is 2.22. The standard InChI is InChI=1S/C15H25NOS/c1-4-10-16-15(5-2)13-6-8-14(9-7-13)18-12-11-17-3/h6-9,15-16H,4-5,10-12H2,1-3H3. The molecule has 102 valence electrons. The van der Waals surface area contributed by atoms with Crippen molar-refractivity contribution in [3.8, 4) is 0 Å². The summed E-state index contributed by atoms with van der Waals surface area (Å²) in [7, 11) is 1.74. The molecule has 1 rings (SSSR count). The monoisotopic (exact) mass is 267 g/mol. The highest BCUT2D eigenvalue weighted by Gasteiger charge is 2.07. The predicted molar refractivity (Wildman–Crippen MR) is 80.4 cm³/mol. The van der Waals surface area contributed by atoms with Gasteiger partial charge in [0.05, 0.1) is 6.61 Å². The van der Waals surface area contributed by atoms with Crippen LogP contribution in [0.3, 0.4) is 0 Å². The van der Waals surface area contributed by atoms with E-state index in [2.05, 4.69) is 43.4 Å². The zero-order valence-corrected chi connectivity index (χ0v) is 12.6. The minimum atomic E-state index is 0.489. The molecule has 0 aliphatic rings. The third-order valence-corrected chi connectivity index (χ3v) is 3.86. The summed E-state index contributed by atoms with van der Waals surface area (Å²) >= 11 is 1.85. The van der Waals surface area contributed by atoms with E-state index in [0.29, 0.717) is 6.04 Å². The average Bonchev–Trinajstić information content (AvgIpc) is 2.41. The Bertz CT molecular complexity index is 313. The molecule has 18 heavy (non-hydrogen) atoms. The minimum absolute atomic E-state index is 0.489. The number of thioether (sulfide) groups is 1. The van der Waals surface area contributed by atoms with E-state index in [-0.39, 0.29) is 0 Å². The molecule has 0 saturated carbocycles. The van der Waals surface area contributed by atoms with Crippen LogP contribution >= 0.6 is 11.8 Å². The van der Waals surface area contributed by atoms with Crippen molar-refractivity contribution in [2.75, 3.05) is 26.0 Å². The maximum absolute atomic E-state index is 5.06. The van der Waals surface area contributed by atoms with Crippen molar-refractivity contribution in [3.63, 3.8) is 0 Å². The quantitative estimate of drug-likeness (QED) is 0.542. The zero-order valence-electron chi connectivity index (χ0n) is 11.7. The number of methoxy groups -OCH3 is 1. The summed E-state index contributed by atoms with van der Waals surface area (Å²) < 4.78 is 5.06. The van der Waals surface area contributed by atoms with Gasteiger partial charge in [0.25, 0.3) is 0 Å². The maximum Gasteiger partial charge on any atom is 0.0556 e. The summed E-state index contributed by atoms with van der Waals surface area (Å²) in [6.07, 6.45) is 2.32. The van der Waals surface area contributed by atoms with Crippen LogP contribution in [-0.4, -0.2) is 26.0 Å². The van der Waals surface area contributed by atoms with Crippen molar-refractivity contribution in [1.29, 1.82) is 0 Å². The second kappa shape index (κ2) is 9.42. The van der Waals surface area contributed by atoms with Crippen molar-refractivity contribution < 1.29 is 4.74 Å². The molecule has 0 aliphatic heterocycles.